The summed E-state index contributed by atoms with van der Waals surface area (Å²) in [5, 5.41) is 12.7. The Bertz CT molecular complexity index is 811. The second-order valence-corrected chi connectivity index (χ2v) is 7.20. The molecule has 0 aliphatic heterocycles. The van der Waals surface area contributed by atoms with Crippen LogP contribution in [0.5, 0.6) is 0 Å². The molecule has 0 atom stereocenters. The van der Waals surface area contributed by atoms with E-state index in [1.54, 1.807) is 5.38 Å². The highest BCUT2D eigenvalue weighted by Gasteiger charge is 2.18. The predicted octanol–water partition coefficient (Wildman–Crippen LogP) is 4.12. The van der Waals surface area contributed by atoms with Gasteiger partial charge in [-0.3, -0.25) is 10.1 Å². The van der Waals surface area contributed by atoms with Gasteiger partial charge >= 0.3 is 6.01 Å². The predicted molar refractivity (Wildman–Crippen MR) is 82.4 cm³/mol. The fourth-order valence-corrected chi connectivity index (χ4v) is 3.54. The molecule has 0 spiro atoms. The first-order valence-corrected chi connectivity index (χ1v) is 8.00. The largest absolute Gasteiger partial charge is 0.401 e. The summed E-state index contributed by atoms with van der Waals surface area (Å²) in [6, 6.07) is 1.45. The average Bonchev–Trinajstić information content (AvgIpc) is 3.10. The first-order chi connectivity index (χ1) is 10.0. The summed E-state index contributed by atoms with van der Waals surface area (Å²) in [5.74, 6) is -0.225. The Kier molecular flexibility index (Phi) is 3.94. The van der Waals surface area contributed by atoms with Gasteiger partial charge in [-0.2, -0.15) is 0 Å². The fraction of sp³-hybridized carbons (Fsp3) is 0.0909. The molecule has 0 radical (unpaired) electrons. The summed E-state index contributed by atoms with van der Waals surface area (Å²) >= 11 is 14.3. The van der Waals surface area contributed by atoms with Gasteiger partial charge in [-0.15, -0.1) is 27.8 Å². The van der Waals surface area contributed by atoms with Crippen molar-refractivity contribution in [2.45, 2.75) is 6.92 Å². The number of thiophene rings is 1. The molecule has 0 saturated carbocycles. The monoisotopic (exact) mass is 360 g/mol. The molecule has 0 aromatic carbocycles. The van der Waals surface area contributed by atoms with Crippen molar-refractivity contribution in [3.8, 4) is 11.6 Å². The number of nitrogens with one attached hydrogen (secondary N) is 1. The summed E-state index contributed by atoms with van der Waals surface area (Å²) < 4.78 is 6.06. The molecule has 6 nitrogen and oxygen atoms in total. The minimum atomic E-state index is -0.465. The lowest BCUT2D eigenvalue weighted by Gasteiger charge is -1.97. The summed E-state index contributed by atoms with van der Waals surface area (Å²) in [6.07, 6.45) is 0. The second kappa shape index (κ2) is 5.72. The first-order valence-electron chi connectivity index (χ1n) is 5.55. The Morgan fingerprint density at radius 3 is 2.81 bits per heavy atom. The van der Waals surface area contributed by atoms with Crippen molar-refractivity contribution in [2.75, 3.05) is 5.32 Å². The van der Waals surface area contributed by atoms with Crippen LogP contribution >= 0.6 is 45.9 Å². The van der Waals surface area contributed by atoms with Crippen LogP contribution < -0.4 is 5.32 Å². The number of aryl methyl sites for hydroxylation is 1. The summed E-state index contributed by atoms with van der Waals surface area (Å²) in [6.45, 7) is 1.87. The Hall–Kier alpha value is -1.48. The quantitative estimate of drug-likeness (QED) is 0.759. The van der Waals surface area contributed by atoms with Gasteiger partial charge in [-0.05, 0) is 13.0 Å². The van der Waals surface area contributed by atoms with Crippen molar-refractivity contribution in [1.82, 2.24) is 15.2 Å². The van der Waals surface area contributed by atoms with Crippen LogP contribution in [0.4, 0.5) is 6.01 Å². The molecule has 0 fully saturated rings. The van der Waals surface area contributed by atoms with Crippen LogP contribution in [0.3, 0.4) is 0 Å². The Morgan fingerprint density at radius 2 is 2.19 bits per heavy atom. The van der Waals surface area contributed by atoms with Gasteiger partial charge in [-0.25, -0.2) is 4.98 Å². The number of halogens is 2. The molecule has 3 aromatic rings. The minimum Gasteiger partial charge on any atom is -0.401 e. The molecular weight excluding hydrogens is 355 g/mol. The summed E-state index contributed by atoms with van der Waals surface area (Å²) in [4.78, 5) is 16.2. The van der Waals surface area contributed by atoms with Gasteiger partial charge in [0.05, 0.1) is 14.9 Å². The molecule has 1 N–H and O–H groups in total. The summed E-state index contributed by atoms with van der Waals surface area (Å²) in [7, 11) is 0. The molecule has 21 heavy (non-hydrogen) atoms. The average molecular weight is 361 g/mol. The van der Waals surface area contributed by atoms with Crippen molar-refractivity contribution in [3.63, 3.8) is 0 Å². The lowest BCUT2D eigenvalue weighted by molar-refractivity contribution is 0.102. The van der Waals surface area contributed by atoms with Crippen LogP contribution in [0.15, 0.2) is 15.9 Å². The standard InChI is InChI=1S/C11H6Cl2N4O2S2/c1-4-14-6(3-20-4)10-16-17-11(19-10)15-9(18)5-2-7(12)21-8(5)13/h2-3H,1H3,(H,15,17,18). The molecule has 0 saturated heterocycles. The van der Waals surface area contributed by atoms with Gasteiger partial charge in [0.25, 0.3) is 11.8 Å². The smallest absolute Gasteiger partial charge is 0.322 e. The molecule has 1 amide bonds. The summed E-state index contributed by atoms with van der Waals surface area (Å²) in [5.41, 5.74) is 0.832. The van der Waals surface area contributed by atoms with Crippen LogP contribution in [-0.2, 0) is 0 Å². The van der Waals surface area contributed by atoms with E-state index in [1.807, 2.05) is 6.92 Å². The van der Waals surface area contributed by atoms with Crippen molar-refractivity contribution < 1.29 is 9.21 Å². The van der Waals surface area contributed by atoms with E-state index in [2.05, 4.69) is 20.5 Å². The first kappa shape index (κ1) is 14.5. The molecule has 0 aliphatic carbocycles. The van der Waals surface area contributed by atoms with Gasteiger partial charge < -0.3 is 4.42 Å². The number of rotatable bonds is 3. The lowest BCUT2D eigenvalue weighted by Crippen LogP contribution is -2.11. The van der Waals surface area contributed by atoms with Gasteiger partial charge in [0, 0.05) is 5.38 Å². The zero-order valence-corrected chi connectivity index (χ0v) is 13.5. The number of amides is 1. The number of aromatic nitrogens is 3. The van der Waals surface area contributed by atoms with E-state index in [4.69, 9.17) is 27.6 Å². The molecule has 0 unspecified atom stereocenters. The molecule has 3 aromatic heterocycles. The third kappa shape index (κ3) is 3.08. The van der Waals surface area contributed by atoms with Crippen LogP contribution in [0.1, 0.15) is 15.4 Å². The molecular formula is C11H6Cl2N4O2S2. The molecule has 10 heteroatoms. The maximum Gasteiger partial charge on any atom is 0.322 e. The number of carbonyl (C=O) groups is 1. The number of carbonyl (C=O) groups excluding carboxylic acids is 1. The third-order valence-corrected chi connectivity index (χ3v) is 4.65. The Balaban J connectivity index is 1.78. The van der Waals surface area contributed by atoms with Gasteiger partial charge in [0.15, 0.2) is 0 Å². The maximum absolute atomic E-state index is 12.0. The number of nitrogens with zero attached hydrogens (tertiary/aromatic N) is 3. The van der Waals surface area contributed by atoms with Crippen molar-refractivity contribution in [2.24, 2.45) is 0 Å². The van der Waals surface area contributed by atoms with Gasteiger partial charge in [0.2, 0.25) is 0 Å². The molecule has 0 aliphatic rings. The van der Waals surface area contributed by atoms with E-state index in [1.165, 1.54) is 17.4 Å². The molecule has 0 bridgehead atoms. The number of thiazole rings is 1. The van der Waals surface area contributed by atoms with Crippen LogP contribution in [0.2, 0.25) is 8.67 Å². The zero-order valence-electron chi connectivity index (χ0n) is 10.4. The van der Waals surface area contributed by atoms with E-state index in [0.29, 0.717) is 14.4 Å². The SMILES string of the molecule is Cc1nc(-c2nnc(NC(=O)c3cc(Cl)sc3Cl)o2)cs1. The number of anilines is 1. The number of hydrogen-bond donors (Lipinski definition) is 1. The topological polar surface area (TPSA) is 80.9 Å². The van der Waals surface area contributed by atoms with E-state index < -0.39 is 5.91 Å². The fourth-order valence-electron chi connectivity index (χ4n) is 1.50. The van der Waals surface area contributed by atoms with Crippen molar-refractivity contribution in [3.05, 3.63) is 30.7 Å². The lowest BCUT2D eigenvalue weighted by atomic mass is 10.3. The van der Waals surface area contributed by atoms with Crippen molar-refractivity contribution in [1.29, 1.82) is 0 Å². The molecule has 3 heterocycles. The van der Waals surface area contributed by atoms with Gasteiger partial charge in [-0.1, -0.05) is 28.3 Å². The van der Waals surface area contributed by atoms with Gasteiger partial charge in [0.1, 0.15) is 10.0 Å². The molecule has 108 valence electrons. The Labute approximate surface area is 136 Å². The molecule has 3 rings (SSSR count). The van der Waals surface area contributed by atoms with E-state index in [9.17, 15) is 4.79 Å². The second-order valence-electron chi connectivity index (χ2n) is 3.86. The normalized spacial score (nSPS) is 10.8. The van der Waals surface area contributed by atoms with Crippen LogP contribution in [0.25, 0.3) is 11.6 Å². The number of hydrogen-bond acceptors (Lipinski definition) is 7. The van der Waals surface area contributed by atoms with Crippen LogP contribution in [0, 0.1) is 6.92 Å². The minimum absolute atomic E-state index is 0.0287. The third-order valence-electron chi connectivity index (χ3n) is 2.38. The van der Waals surface area contributed by atoms with Crippen LogP contribution in [-0.4, -0.2) is 21.1 Å². The van der Waals surface area contributed by atoms with Crippen molar-refractivity contribution >= 4 is 57.8 Å². The van der Waals surface area contributed by atoms with E-state index in [0.717, 1.165) is 16.3 Å². The zero-order chi connectivity index (χ0) is 15.0. The highest BCUT2D eigenvalue weighted by molar-refractivity contribution is 7.20. The highest BCUT2D eigenvalue weighted by Crippen LogP contribution is 2.31. The Morgan fingerprint density at radius 1 is 1.38 bits per heavy atom. The maximum atomic E-state index is 12.0. The highest BCUT2D eigenvalue weighted by atomic mass is 35.5. The van der Waals surface area contributed by atoms with E-state index >= 15 is 0 Å². The van der Waals surface area contributed by atoms with E-state index in [-0.39, 0.29) is 17.5 Å².